The van der Waals surface area contributed by atoms with Crippen molar-refractivity contribution >= 4 is 0 Å². The summed E-state index contributed by atoms with van der Waals surface area (Å²) in [6.07, 6.45) is -4.70. The molecule has 1 aromatic carbocycles. The van der Waals surface area contributed by atoms with Crippen LogP contribution in [-0.4, -0.2) is 20.0 Å². The minimum absolute atomic E-state index is 0.238. The Hall–Kier alpha value is -1.43. The monoisotopic (exact) mass is 249 g/mol. The molecule has 0 unspecified atom stereocenters. The molecule has 0 heterocycles. The first-order chi connectivity index (χ1) is 7.96. The molecule has 96 valence electrons. The number of benzene rings is 1. The summed E-state index contributed by atoms with van der Waals surface area (Å²) in [7, 11) is 1.39. The maximum atomic E-state index is 12.2. The molecule has 3 nitrogen and oxygen atoms in total. The summed E-state index contributed by atoms with van der Waals surface area (Å²) in [4.78, 5) is 0. The Morgan fingerprint density at radius 3 is 2.53 bits per heavy atom. The van der Waals surface area contributed by atoms with Crippen LogP contribution in [-0.2, 0) is 6.54 Å². The first-order valence-electron chi connectivity index (χ1n) is 5.09. The molecule has 1 N–H and O–H groups in total. The highest BCUT2D eigenvalue weighted by Crippen LogP contribution is 2.30. The van der Waals surface area contributed by atoms with Crippen molar-refractivity contribution in [1.29, 1.82) is 0 Å². The molecule has 0 aliphatic heterocycles. The quantitative estimate of drug-likeness (QED) is 0.870. The summed E-state index contributed by atoms with van der Waals surface area (Å²) in [6, 6.07) is 4.36. The number of ether oxygens (including phenoxy) is 2. The van der Waals surface area contributed by atoms with Gasteiger partial charge in [0.2, 0.25) is 0 Å². The van der Waals surface area contributed by atoms with Crippen molar-refractivity contribution in [2.45, 2.75) is 19.8 Å². The lowest BCUT2D eigenvalue weighted by molar-refractivity contribution is -0.274. The minimum Gasteiger partial charge on any atom is -0.497 e. The highest BCUT2D eigenvalue weighted by molar-refractivity contribution is 5.40. The van der Waals surface area contributed by atoms with Crippen LogP contribution in [0.4, 0.5) is 13.2 Å². The summed E-state index contributed by atoms with van der Waals surface area (Å²) < 4.78 is 45.4. The fourth-order valence-electron chi connectivity index (χ4n) is 1.29. The molecule has 17 heavy (non-hydrogen) atoms. The van der Waals surface area contributed by atoms with Gasteiger partial charge in [-0.15, -0.1) is 13.2 Å². The topological polar surface area (TPSA) is 30.5 Å². The van der Waals surface area contributed by atoms with Crippen LogP contribution in [0.15, 0.2) is 18.2 Å². The number of rotatable bonds is 5. The smallest absolute Gasteiger partial charge is 0.497 e. The fraction of sp³-hybridized carbons (Fsp3) is 0.455. The lowest BCUT2D eigenvalue weighted by atomic mass is 10.2. The van der Waals surface area contributed by atoms with E-state index in [1.807, 2.05) is 6.92 Å². The van der Waals surface area contributed by atoms with Crippen molar-refractivity contribution in [3.8, 4) is 11.5 Å². The van der Waals surface area contributed by atoms with Crippen LogP contribution in [0.5, 0.6) is 11.5 Å². The van der Waals surface area contributed by atoms with Crippen molar-refractivity contribution in [2.24, 2.45) is 0 Å². The third kappa shape index (κ3) is 4.52. The van der Waals surface area contributed by atoms with E-state index in [1.165, 1.54) is 13.2 Å². The zero-order chi connectivity index (χ0) is 12.9. The second-order valence-corrected chi connectivity index (χ2v) is 3.30. The maximum absolute atomic E-state index is 12.2. The molecule has 0 fully saturated rings. The van der Waals surface area contributed by atoms with E-state index in [0.29, 0.717) is 24.4 Å². The summed E-state index contributed by atoms with van der Waals surface area (Å²) >= 11 is 0. The van der Waals surface area contributed by atoms with Gasteiger partial charge < -0.3 is 14.8 Å². The summed E-state index contributed by atoms with van der Waals surface area (Å²) in [5, 5.41) is 2.94. The molecule has 0 amide bonds. The van der Waals surface area contributed by atoms with Gasteiger partial charge in [-0.25, -0.2) is 0 Å². The van der Waals surface area contributed by atoms with E-state index in [9.17, 15) is 13.2 Å². The van der Waals surface area contributed by atoms with Crippen LogP contribution in [0.2, 0.25) is 0 Å². The van der Waals surface area contributed by atoms with E-state index in [1.54, 1.807) is 12.1 Å². The van der Waals surface area contributed by atoms with Gasteiger partial charge in [-0.3, -0.25) is 0 Å². The Labute approximate surface area is 97.5 Å². The van der Waals surface area contributed by atoms with Crippen LogP contribution in [0.25, 0.3) is 0 Å². The third-order valence-electron chi connectivity index (χ3n) is 2.07. The van der Waals surface area contributed by atoms with E-state index < -0.39 is 6.36 Å². The average Bonchev–Trinajstić information content (AvgIpc) is 2.25. The number of hydrogen-bond donors (Lipinski definition) is 1. The Bertz CT molecular complexity index is 366. The number of alkyl halides is 3. The molecular weight excluding hydrogens is 235 g/mol. The van der Waals surface area contributed by atoms with Crippen molar-refractivity contribution < 1.29 is 22.6 Å². The predicted octanol–water partition coefficient (Wildman–Crippen LogP) is 2.70. The van der Waals surface area contributed by atoms with Gasteiger partial charge in [-0.05, 0) is 12.6 Å². The first kappa shape index (κ1) is 13.6. The number of hydrogen-bond acceptors (Lipinski definition) is 3. The van der Waals surface area contributed by atoms with Gasteiger partial charge in [0, 0.05) is 18.2 Å². The van der Waals surface area contributed by atoms with Crippen LogP contribution in [0.3, 0.4) is 0 Å². The molecule has 0 saturated heterocycles. The fourth-order valence-corrected chi connectivity index (χ4v) is 1.29. The molecule has 0 aliphatic carbocycles. The second kappa shape index (κ2) is 5.77. The largest absolute Gasteiger partial charge is 0.573 e. The number of methoxy groups -OCH3 is 1. The van der Waals surface area contributed by atoms with Gasteiger partial charge >= 0.3 is 6.36 Å². The molecule has 6 heteroatoms. The van der Waals surface area contributed by atoms with Crippen molar-refractivity contribution in [2.75, 3.05) is 13.7 Å². The molecule has 0 aliphatic rings. The van der Waals surface area contributed by atoms with E-state index in [-0.39, 0.29) is 5.75 Å². The van der Waals surface area contributed by atoms with Crippen LogP contribution in [0, 0.1) is 0 Å². The zero-order valence-electron chi connectivity index (χ0n) is 9.60. The third-order valence-corrected chi connectivity index (χ3v) is 2.07. The lowest BCUT2D eigenvalue weighted by Gasteiger charge is -2.14. The van der Waals surface area contributed by atoms with Gasteiger partial charge in [0.15, 0.2) is 0 Å². The number of halogens is 3. The predicted molar refractivity (Wildman–Crippen MR) is 57.1 cm³/mol. The van der Waals surface area contributed by atoms with E-state index >= 15 is 0 Å². The van der Waals surface area contributed by atoms with Crippen molar-refractivity contribution in [1.82, 2.24) is 5.32 Å². The van der Waals surface area contributed by atoms with Crippen LogP contribution >= 0.6 is 0 Å². The van der Waals surface area contributed by atoms with Crippen LogP contribution < -0.4 is 14.8 Å². The van der Waals surface area contributed by atoms with Crippen LogP contribution in [0.1, 0.15) is 12.5 Å². The van der Waals surface area contributed by atoms with Gasteiger partial charge in [0.05, 0.1) is 7.11 Å². The normalized spacial score (nSPS) is 11.4. The second-order valence-electron chi connectivity index (χ2n) is 3.30. The van der Waals surface area contributed by atoms with E-state index in [4.69, 9.17) is 4.74 Å². The lowest BCUT2D eigenvalue weighted by Crippen LogP contribution is -2.20. The highest BCUT2D eigenvalue weighted by Gasteiger charge is 2.32. The zero-order valence-corrected chi connectivity index (χ0v) is 9.60. The molecule has 1 aromatic rings. The molecule has 0 aromatic heterocycles. The van der Waals surface area contributed by atoms with Gasteiger partial charge in [-0.2, -0.15) is 0 Å². The van der Waals surface area contributed by atoms with Crippen molar-refractivity contribution in [3.05, 3.63) is 23.8 Å². The van der Waals surface area contributed by atoms with Gasteiger partial charge in [0.25, 0.3) is 0 Å². The summed E-state index contributed by atoms with van der Waals surface area (Å²) in [6.45, 7) is 2.84. The van der Waals surface area contributed by atoms with Gasteiger partial charge in [-0.1, -0.05) is 13.0 Å². The molecule has 0 bridgehead atoms. The molecule has 1 rings (SSSR count). The Morgan fingerprint density at radius 2 is 2.00 bits per heavy atom. The molecule has 0 saturated carbocycles. The Kier molecular flexibility index (Phi) is 4.62. The van der Waals surface area contributed by atoms with E-state index in [0.717, 1.165) is 0 Å². The molecule has 0 radical (unpaired) electrons. The summed E-state index contributed by atoms with van der Waals surface area (Å²) in [5.41, 5.74) is 0.435. The SMILES string of the molecule is CCNCc1ccc(OC)cc1OC(F)(F)F. The molecule has 0 spiro atoms. The average molecular weight is 249 g/mol. The van der Waals surface area contributed by atoms with Crippen molar-refractivity contribution in [3.63, 3.8) is 0 Å². The molecular formula is C11H14F3NO2. The Balaban J connectivity index is 2.94. The first-order valence-corrected chi connectivity index (χ1v) is 5.09. The minimum atomic E-state index is -4.70. The standard InChI is InChI=1S/C11H14F3NO2/c1-3-15-7-8-4-5-9(16-2)6-10(8)17-11(12,13)14/h4-6,15H,3,7H2,1-2H3. The van der Waals surface area contributed by atoms with Gasteiger partial charge in [0.1, 0.15) is 11.5 Å². The maximum Gasteiger partial charge on any atom is 0.573 e. The van der Waals surface area contributed by atoms with E-state index in [2.05, 4.69) is 10.1 Å². The molecule has 0 atom stereocenters. The Morgan fingerprint density at radius 1 is 1.29 bits per heavy atom. The highest BCUT2D eigenvalue weighted by atomic mass is 19.4. The summed E-state index contributed by atoms with van der Waals surface area (Å²) in [5.74, 6) is 0.0855. The number of nitrogens with one attached hydrogen (secondary N) is 1.